The number of sulfonamides is 1. The van der Waals surface area contributed by atoms with E-state index < -0.39 is 45.9 Å². The standard InChI is InChI=1S/C31H37N5O7S.2ClH/c1-18-22(29(31(40)41)34-28(18)26(19(2)37)30(34)39)16-33-23-5-3-4-21-20(6-7-24(27(21)23)44(33,42)43)8-9-35-10-13-36(14-11-35,15-12-35)17-25(32)38;;/h3-7,18-19,26,28,37H,8-17H2,1-2H3,(H-2,32,38,40,41);2*1H/t18-,19+,26+,28+,35?,36?;;/m0../s1. The number of piperazine rings is 3. The number of hydrogen-bond acceptors (Lipinski definition) is 6. The van der Waals surface area contributed by atoms with Crippen molar-refractivity contribution in [2.75, 3.05) is 63.2 Å². The number of carbonyl (C=O) groups excluding carboxylic acids is 2. The van der Waals surface area contributed by atoms with Crippen LogP contribution in [0.2, 0.25) is 0 Å². The maximum atomic E-state index is 14.0. The van der Waals surface area contributed by atoms with Gasteiger partial charge in [-0.25, -0.2) is 13.2 Å². The molecule has 0 aromatic heterocycles. The van der Waals surface area contributed by atoms with Crippen LogP contribution in [-0.4, -0.2) is 121 Å². The predicted octanol–water partition coefficient (Wildman–Crippen LogP) is -5.76. The smallest absolute Gasteiger partial charge is 0.352 e. The maximum absolute atomic E-state index is 14.0. The second-order valence-corrected chi connectivity index (χ2v) is 15.3. The number of halogens is 2. The number of aliphatic hydroxyl groups excluding tert-OH is 1. The molecule has 4 N–H and O–H groups in total. The molecule has 0 saturated carbocycles. The highest BCUT2D eigenvalue weighted by Gasteiger charge is 2.60. The Kier molecular flexibility index (Phi) is 8.70. The van der Waals surface area contributed by atoms with Gasteiger partial charge in [-0.15, -0.1) is 0 Å². The molecule has 6 heterocycles. The number of aliphatic carboxylic acids is 1. The molecule has 4 saturated heterocycles. The largest absolute Gasteiger partial charge is 1.00 e. The number of β-lactam (4-membered cyclic amide) rings is 1. The van der Waals surface area contributed by atoms with E-state index in [1.807, 2.05) is 18.2 Å². The molecule has 250 valence electrons. The van der Waals surface area contributed by atoms with Gasteiger partial charge in [0.15, 0.2) is 6.54 Å². The summed E-state index contributed by atoms with van der Waals surface area (Å²) in [4.78, 5) is 38.3. The van der Waals surface area contributed by atoms with E-state index in [0.29, 0.717) is 23.2 Å². The van der Waals surface area contributed by atoms with E-state index in [1.165, 1.54) is 16.1 Å². The van der Waals surface area contributed by atoms with Gasteiger partial charge in [0.25, 0.3) is 15.9 Å². The Bertz CT molecular complexity index is 1760. The van der Waals surface area contributed by atoms with Gasteiger partial charge in [0.2, 0.25) is 5.91 Å². The quantitative estimate of drug-likeness (QED) is 0.174. The lowest BCUT2D eigenvalue weighted by Crippen LogP contribution is -3.00. The van der Waals surface area contributed by atoms with Gasteiger partial charge in [-0.3, -0.25) is 13.9 Å². The molecule has 0 aliphatic carbocycles. The van der Waals surface area contributed by atoms with E-state index in [1.54, 1.807) is 19.1 Å². The average molecular weight is 697 g/mol. The number of amides is 2. The molecule has 0 spiro atoms. The predicted molar refractivity (Wildman–Crippen MR) is 160 cm³/mol. The van der Waals surface area contributed by atoms with Crippen molar-refractivity contribution in [2.24, 2.45) is 17.6 Å². The van der Waals surface area contributed by atoms with Gasteiger partial charge in [-0.2, -0.15) is 0 Å². The Morgan fingerprint density at radius 3 is 2.26 bits per heavy atom. The first-order chi connectivity index (χ1) is 20.8. The molecular weight excluding hydrogens is 657 g/mol. The van der Waals surface area contributed by atoms with Crippen LogP contribution in [0.3, 0.4) is 0 Å². The van der Waals surface area contributed by atoms with Gasteiger partial charge in [-0.1, -0.05) is 25.1 Å². The highest BCUT2D eigenvalue weighted by Crippen LogP contribution is 2.50. The number of rotatable bonds is 9. The van der Waals surface area contributed by atoms with Crippen molar-refractivity contribution in [1.29, 1.82) is 0 Å². The summed E-state index contributed by atoms with van der Waals surface area (Å²) in [6.07, 6.45) is -0.161. The maximum Gasteiger partial charge on any atom is 0.352 e. The number of nitrogens with zero attached hydrogens (tertiary/aromatic N) is 4. The lowest BCUT2D eigenvalue weighted by atomic mass is 9.78. The number of quaternary nitrogens is 2. The summed E-state index contributed by atoms with van der Waals surface area (Å²) in [7, 11) is -3.99. The highest BCUT2D eigenvalue weighted by atomic mass is 35.5. The fourth-order valence-corrected chi connectivity index (χ4v) is 10.4. The highest BCUT2D eigenvalue weighted by molar-refractivity contribution is 7.93. The minimum absolute atomic E-state index is 0. The third-order valence-corrected chi connectivity index (χ3v) is 13.0. The van der Waals surface area contributed by atoms with E-state index in [4.69, 9.17) is 5.73 Å². The second kappa shape index (κ2) is 11.6. The van der Waals surface area contributed by atoms with E-state index >= 15 is 0 Å². The number of nitrogens with two attached hydrogens (primary N) is 1. The van der Waals surface area contributed by atoms with Crippen LogP contribution in [0.1, 0.15) is 19.4 Å². The van der Waals surface area contributed by atoms with Crippen LogP contribution in [0.5, 0.6) is 0 Å². The number of carboxylic acid groups (broad SMARTS) is 1. The number of hydrogen-bond donors (Lipinski definition) is 3. The summed E-state index contributed by atoms with van der Waals surface area (Å²) < 4.78 is 31.0. The van der Waals surface area contributed by atoms with Crippen molar-refractivity contribution < 1.29 is 66.8 Å². The van der Waals surface area contributed by atoms with Gasteiger partial charge in [-0.05, 0) is 35.6 Å². The van der Waals surface area contributed by atoms with Crippen LogP contribution in [0.4, 0.5) is 5.69 Å². The molecule has 15 heteroatoms. The molecule has 8 rings (SSSR count). The number of primary amides is 1. The zero-order valence-corrected chi connectivity index (χ0v) is 28.1. The molecule has 2 bridgehead atoms. The number of aliphatic hydroxyl groups is 1. The molecule has 4 fully saturated rings. The molecule has 12 nitrogen and oxygen atoms in total. The van der Waals surface area contributed by atoms with Crippen molar-refractivity contribution in [2.45, 2.75) is 37.3 Å². The molecule has 46 heavy (non-hydrogen) atoms. The van der Waals surface area contributed by atoms with Gasteiger partial charge in [0, 0.05) is 17.7 Å². The third kappa shape index (κ3) is 4.89. The SMILES string of the molecule is C[C@@H](O)[C@H]1C(=O)N2C(C(=O)O)=C(CN3c4cccc5c(CC[N+]67CC[N+](CC(N)=O)(CC6)CC7)ccc(c45)S3(=O)=O)[C@H](C)[C@H]12.[Cl-].[Cl-]. The first-order valence-corrected chi connectivity index (χ1v) is 16.8. The van der Waals surface area contributed by atoms with Crippen molar-refractivity contribution in [3.8, 4) is 0 Å². The number of anilines is 1. The lowest BCUT2D eigenvalue weighted by molar-refractivity contribution is -1.08. The summed E-state index contributed by atoms with van der Waals surface area (Å²) in [6, 6.07) is 8.61. The van der Waals surface area contributed by atoms with Crippen LogP contribution >= 0.6 is 0 Å². The van der Waals surface area contributed by atoms with Gasteiger partial charge in [0.1, 0.15) is 45.0 Å². The van der Waals surface area contributed by atoms with E-state index in [-0.39, 0.29) is 47.9 Å². The normalized spacial score (nSPS) is 30.8. The van der Waals surface area contributed by atoms with E-state index in [2.05, 4.69) is 0 Å². The number of fused-ring (bicyclic) bond motifs is 4. The van der Waals surface area contributed by atoms with Crippen LogP contribution in [0, 0.1) is 11.8 Å². The Hall–Kier alpha value is -2.94. The van der Waals surface area contributed by atoms with Gasteiger partial charge in [0.05, 0.1) is 41.7 Å². The van der Waals surface area contributed by atoms with Crippen LogP contribution in [-0.2, 0) is 30.8 Å². The first kappa shape index (κ1) is 34.4. The molecular formula is C31H39Cl2N5O7S. The Morgan fingerprint density at radius 1 is 1.04 bits per heavy atom. The monoisotopic (exact) mass is 695 g/mol. The van der Waals surface area contributed by atoms with Crippen molar-refractivity contribution in [1.82, 2.24) is 4.90 Å². The molecule has 0 radical (unpaired) electrons. The lowest BCUT2D eigenvalue weighted by Gasteiger charge is -2.55. The second-order valence-electron chi connectivity index (χ2n) is 13.5. The fraction of sp³-hybridized carbons (Fsp3) is 0.516. The van der Waals surface area contributed by atoms with E-state index in [0.717, 1.165) is 72.1 Å². The van der Waals surface area contributed by atoms with E-state index in [9.17, 15) is 33.0 Å². The number of carbonyl (C=O) groups is 3. The van der Waals surface area contributed by atoms with Crippen LogP contribution in [0.15, 0.2) is 46.5 Å². The van der Waals surface area contributed by atoms with Crippen LogP contribution in [0.25, 0.3) is 10.8 Å². The topological polar surface area (TPSA) is 158 Å². The number of benzene rings is 2. The summed E-state index contributed by atoms with van der Waals surface area (Å²) >= 11 is 0. The Morgan fingerprint density at radius 2 is 1.67 bits per heavy atom. The molecule has 2 amide bonds. The number of carboxylic acids is 1. The van der Waals surface area contributed by atoms with Crippen LogP contribution < -0.4 is 34.9 Å². The molecule has 0 unspecified atom stereocenters. The minimum Gasteiger partial charge on any atom is -1.00 e. The summed E-state index contributed by atoms with van der Waals surface area (Å²) in [5.74, 6) is -3.14. The first-order valence-electron chi connectivity index (χ1n) is 15.3. The fourth-order valence-electron chi connectivity index (χ4n) is 8.69. The summed E-state index contributed by atoms with van der Waals surface area (Å²) in [5.41, 5.74) is 7.29. The summed E-state index contributed by atoms with van der Waals surface area (Å²) in [6.45, 7) is 10.2. The molecule has 6 aliphatic rings. The van der Waals surface area contributed by atoms with Gasteiger partial charge >= 0.3 is 5.97 Å². The Balaban J connectivity index is 0.00000208. The van der Waals surface area contributed by atoms with Crippen molar-refractivity contribution in [3.63, 3.8) is 0 Å². The average Bonchev–Trinajstić information content (AvgIpc) is 3.34. The zero-order chi connectivity index (χ0) is 31.3. The Labute approximate surface area is 280 Å². The third-order valence-electron chi connectivity index (χ3n) is 11.2. The summed E-state index contributed by atoms with van der Waals surface area (Å²) in [5, 5.41) is 21.8. The molecule has 6 aliphatic heterocycles. The van der Waals surface area contributed by atoms with Crippen molar-refractivity contribution in [3.05, 3.63) is 47.2 Å². The minimum atomic E-state index is -3.99. The molecule has 4 atom stereocenters. The molecule has 2 aromatic rings. The molecule has 2 aromatic carbocycles. The van der Waals surface area contributed by atoms with Crippen molar-refractivity contribution >= 4 is 44.3 Å². The van der Waals surface area contributed by atoms with Gasteiger partial charge < -0.3 is 54.6 Å². The zero-order valence-electron chi connectivity index (χ0n) is 25.7.